The van der Waals surface area contributed by atoms with Gasteiger partial charge in [0.15, 0.2) is 5.78 Å². The number of rotatable bonds is 16. The van der Waals surface area contributed by atoms with Crippen LogP contribution in [0.4, 0.5) is 9.59 Å². The third kappa shape index (κ3) is 11.2. The normalized spacial score (nSPS) is 13.1. The minimum atomic E-state index is -0.650. The summed E-state index contributed by atoms with van der Waals surface area (Å²) in [6.07, 6.45) is 4.55. The topological polar surface area (TPSA) is 135 Å². The summed E-state index contributed by atoms with van der Waals surface area (Å²) in [5.74, 6) is -0.0403. The van der Waals surface area contributed by atoms with Crippen LogP contribution in [0.15, 0.2) is 72.4 Å². The van der Waals surface area contributed by atoms with Crippen molar-refractivity contribution in [2.75, 3.05) is 13.6 Å². The fourth-order valence-electron chi connectivity index (χ4n) is 4.58. The molecule has 3 unspecified atom stereocenters. The molecular weight excluding hydrogens is 526 g/mol. The molecule has 9 nitrogen and oxygen atoms in total. The fraction of sp³-hybridized carbons (Fsp3) is 0.400. The highest BCUT2D eigenvalue weighted by atomic mass is 32.1. The van der Waals surface area contributed by atoms with E-state index in [0.717, 1.165) is 16.0 Å². The Kier molecular flexibility index (Phi) is 13.1. The van der Waals surface area contributed by atoms with Gasteiger partial charge in [-0.15, -0.1) is 11.3 Å². The molecule has 3 amide bonds. The number of nitrogens with one attached hydrogen (secondary N) is 3. The Morgan fingerprint density at radius 2 is 1.60 bits per heavy atom. The lowest BCUT2D eigenvalue weighted by Crippen LogP contribution is -2.46. The molecule has 1 aromatic heterocycles. The molecule has 0 spiro atoms. The fourth-order valence-corrected chi connectivity index (χ4v) is 5.09. The predicted octanol–water partition coefficient (Wildman–Crippen LogP) is 4.23. The minimum Gasteiger partial charge on any atom is -0.444 e. The maximum Gasteiger partial charge on any atom is 0.407 e. The number of carbonyl (C=O) groups excluding carboxylic acids is 3. The number of benzene rings is 2. The Labute approximate surface area is 239 Å². The standard InChI is InChI=1S/C30H39N5O4S/c1-32-29(37)35-27(14-15-31)28(36)18-24(16-22-8-4-2-5-9-22)12-13-25(17-23-10-6-3-7-11-23)34-30(38)39-20-26-19-33-21-40-26/h2-11,19,21,24-25,27H,12-18,20,31H2,1H3,(H,34,38)(H2,32,35,37). The molecule has 0 radical (unpaired) electrons. The molecule has 5 N–H and O–H groups in total. The van der Waals surface area contributed by atoms with Crippen molar-refractivity contribution >= 4 is 29.2 Å². The molecule has 214 valence electrons. The zero-order valence-electron chi connectivity index (χ0n) is 22.9. The number of Topliss-reactive ketones (excluding diaryl/α,β-unsaturated/α-hetero) is 1. The summed E-state index contributed by atoms with van der Waals surface area (Å²) in [5, 5.41) is 8.27. The number of nitrogens with two attached hydrogens (primary N) is 1. The number of aromatic nitrogens is 1. The first-order chi connectivity index (χ1) is 19.5. The monoisotopic (exact) mass is 565 g/mol. The van der Waals surface area contributed by atoms with Gasteiger partial charge < -0.3 is 26.4 Å². The third-order valence-corrected chi connectivity index (χ3v) is 7.39. The molecule has 10 heteroatoms. The lowest BCUT2D eigenvalue weighted by molar-refractivity contribution is -0.122. The van der Waals surface area contributed by atoms with Gasteiger partial charge in [0.25, 0.3) is 0 Å². The van der Waals surface area contributed by atoms with Crippen LogP contribution in [0.5, 0.6) is 0 Å². The third-order valence-electron chi connectivity index (χ3n) is 6.63. The highest BCUT2D eigenvalue weighted by molar-refractivity contribution is 7.09. The van der Waals surface area contributed by atoms with Crippen LogP contribution in [0.1, 0.15) is 41.7 Å². The SMILES string of the molecule is CNC(=O)NC(CCN)C(=O)CC(CCC(Cc1ccccc1)NC(=O)OCc1cncs1)Cc1ccccc1. The number of carbonyl (C=O) groups is 3. The van der Waals surface area contributed by atoms with E-state index in [0.29, 0.717) is 32.1 Å². The van der Waals surface area contributed by atoms with Gasteiger partial charge in [-0.2, -0.15) is 0 Å². The summed E-state index contributed by atoms with van der Waals surface area (Å²) < 4.78 is 5.44. The zero-order valence-corrected chi connectivity index (χ0v) is 23.7. The summed E-state index contributed by atoms with van der Waals surface area (Å²) in [6.45, 7) is 0.455. The van der Waals surface area contributed by atoms with Crippen LogP contribution >= 0.6 is 11.3 Å². The van der Waals surface area contributed by atoms with Crippen molar-refractivity contribution in [3.8, 4) is 0 Å². The first-order valence-electron chi connectivity index (χ1n) is 13.6. The van der Waals surface area contributed by atoms with E-state index >= 15 is 0 Å². The van der Waals surface area contributed by atoms with Crippen molar-refractivity contribution in [1.82, 2.24) is 20.9 Å². The Balaban J connectivity index is 1.70. The second kappa shape index (κ2) is 17.0. The average molecular weight is 566 g/mol. The van der Waals surface area contributed by atoms with Gasteiger partial charge in [0, 0.05) is 25.7 Å². The lowest BCUT2D eigenvalue weighted by atomic mass is 9.86. The predicted molar refractivity (Wildman–Crippen MR) is 157 cm³/mol. The van der Waals surface area contributed by atoms with Crippen molar-refractivity contribution in [3.63, 3.8) is 0 Å². The van der Waals surface area contributed by atoms with E-state index in [1.165, 1.54) is 18.4 Å². The molecule has 2 aromatic carbocycles. The number of hydrogen-bond donors (Lipinski definition) is 4. The van der Waals surface area contributed by atoms with Crippen LogP contribution in [0.25, 0.3) is 0 Å². The van der Waals surface area contributed by atoms with Crippen LogP contribution in [0.3, 0.4) is 0 Å². The highest BCUT2D eigenvalue weighted by Gasteiger charge is 2.25. The van der Waals surface area contributed by atoms with Gasteiger partial charge in [-0.3, -0.25) is 9.78 Å². The molecule has 0 aliphatic rings. The summed E-state index contributed by atoms with van der Waals surface area (Å²) in [4.78, 5) is 42.8. The largest absolute Gasteiger partial charge is 0.444 e. The first-order valence-corrected chi connectivity index (χ1v) is 14.4. The molecule has 0 fully saturated rings. The second-order valence-electron chi connectivity index (χ2n) is 9.73. The number of hydrogen-bond acceptors (Lipinski definition) is 7. The van der Waals surface area contributed by atoms with E-state index in [1.807, 2.05) is 60.7 Å². The van der Waals surface area contributed by atoms with Gasteiger partial charge in [-0.1, -0.05) is 60.7 Å². The van der Waals surface area contributed by atoms with Gasteiger partial charge in [-0.25, -0.2) is 9.59 Å². The van der Waals surface area contributed by atoms with Crippen molar-refractivity contribution in [3.05, 3.63) is 88.4 Å². The van der Waals surface area contributed by atoms with Crippen LogP contribution in [0.2, 0.25) is 0 Å². The first kappa shape index (κ1) is 30.8. The number of ether oxygens (including phenoxy) is 1. The molecule has 0 saturated heterocycles. The number of ketones is 1. The molecule has 3 aromatic rings. The van der Waals surface area contributed by atoms with Gasteiger partial charge in [0.05, 0.1) is 16.4 Å². The Hall–Kier alpha value is -3.76. The van der Waals surface area contributed by atoms with E-state index in [9.17, 15) is 14.4 Å². The van der Waals surface area contributed by atoms with Crippen molar-refractivity contribution in [2.45, 2.75) is 57.2 Å². The summed E-state index contributed by atoms with van der Waals surface area (Å²) >= 11 is 1.43. The molecule has 3 rings (SSSR count). The smallest absolute Gasteiger partial charge is 0.407 e. The van der Waals surface area contributed by atoms with E-state index in [1.54, 1.807) is 11.7 Å². The van der Waals surface area contributed by atoms with Crippen LogP contribution in [-0.2, 0) is 29.0 Å². The van der Waals surface area contributed by atoms with Gasteiger partial charge in [0.2, 0.25) is 0 Å². The molecular formula is C30H39N5O4S. The van der Waals surface area contributed by atoms with E-state index in [-0.39, 0.29) is 37.3 Å². The molecule has 0 aliphatic carbocycles. The maximum atomic E-state index is 13.3. The molecule has 0 bridgehead atoms. The van der Waals surface area contributed by atoms with Gasteiger partial charge in [-0.05, 0) is 55.7 Å². The number of amides is 3. The number of thiazole rings is 1. The Morgan fingerprint density at radius 3 is 2.20 bits per heavy atom. The summed E-state index contributed by atoms with van der Waals surface area (Å²) in [7, 11) is 1.51. The Morgan fingerprint density at radius 1 is 0.925 bits per heavy atom. The number of urea groups is 1. The molecule has 0 aliphatic heterocycles. The lowest BCUT2D eigenvalue weighted by Gasteiger charge is -2.24. The highest BCUT2D eigenvalue weighted by Crippen LogP contribution is 2.22. The minimum absolute atomic E-state index is 0.00921. The molecule has 1 heterocycles. The van der Waals surface area contributed by atoms with Crippen LogP contribution < -0.4 is 21.7 Å². The van der Waals surface area contributed by atoms with E-state index in [2.05, 4.69) is 20.9 Å². The van der Waals surface area contributed by atoms with Crippen molar-refractivity contribution < 1.29 is 19.1 Å². The summed E-state index contributed by atoms with van der Waals surface area (Å²) in [5.41, 5.74) is 9.66. The number of alkyl carbamates (subject to hydrolysis) is 1. The van der Waals surface area contributed by atoms with Gasteiger partial charge in [0.1, 0.15) is 6.61 Å². The van der Waals surface area contributed by atoms with E-state index < -0.39 is 18.2 Å². The molecule has 3 atom stereocenters. The quantitative estimate of drug-likeness (QED) is 0.205. The number of nitrogens with zero attached hydrogens (tertiary/aromatic N) is 1. The molecule has 40 heavy (non-hydrogen) atoms. The Bertz CT molecular complexity index is 1160. The maximum absolute atomic E-state index is 13.3. The van der Waals surface area contributed by atoms with Crippen molar-refractivity contribution in [2.24, 2.45) is 11.7 Å². The van der Waals surface area contributed by atoms with Crippen molar-refractivity contribution in [1.29, 1.82) is 0 Å². The van der Waals surface area contributed by atoms with Crippen LogP contribution in [-0.4, -0.2) is 48.6 Å². The average Bonchev–Trinajstić information content (AvgIpc) is 3.49. The van der Waals surface area contributed by atoms with Crippen LogP contribution in [0, 0.1) is 5.92 Å². The van der Waals surface area contributed by atoms with Gasteiger partial charge >= 0.3 is 12.1 Å². The second-order valence-corrected chi connectivity index (χ2v) is 10.7. The van der Waals surface area contributed by atoms with E-state index in [4.69, 9.17) is 10.5 Å². The molecule has 0 saturated carbocycles. The zero-order chi connectivity index (χ0) is 28.6. The summed E-state index contributed by atoms with van der Waals surface area (Å²) in [6, 6.07) is 18.8.